The van der Waals surface area contributed by atoms with Gasteiger partial charge in [0.2, 0.25) is 0 Å². The van der Waals surface area contributed by atoms with Crippen LogP contribution >= 0.6 is 15.9 Å². The summed E-state index contributed by atoms with van der Waals surface area (Å²) in [7, 11) is 1.80. The maximum atomic E-state index is 13.4. The Hall–Kier alpha value is -2.82. The van der Waals surface area contributed by atoms with E-state index in [4.69, 9.17) is 0 Å². The first-order chi connectivity index (χ1) is 15.7. The van der Waals surface area contributed by atoms with E-state index in [0.717, 1.165) is 21.8 Å². The Kier molecular flexibility index (Phi) is 5.26. The molecule has 174 valence electrons. The van der Waals surface area contributed by atoms with Crippen molar-refractivity contribution in [2.24, 2.45) is 7.05 Å². The second-order valence-electron chi connectivity index (χ2n) is 8.38. The summed E-state index contributed by atoms with van der Waals surface area (Å²) < 4.78 is 44.1. The molecule has 11 heteroatoms. The van der Waals surface area contributed by atoms with Crippen molar-refractivity contribution in [2.45, 2.75) is 37.9 Å². The van der Waals surface area contributed by atoms with Gasteiger partial charge in [-0.2, -0.15) is 18.3 Å². The maximum absolute atomic E-state index is 13.4. The molecule has 2 aromatic heterocycles. The van der Waals surface area contributed by atoms with E-state index in [9.17, 15) is 18.0 Å². The summed E-state index contributed by atoms with van der Waals surface area (Å²) >= 11 is 3.70. The number of fused-ring (bicyclic) bond motifs is 4. The molecule has 3 aromatic rings. The normalized spacial score (nSPS) is 20.4. The molecule has 0 saturated carbocycles. The van der Waals surface area contributed by atoms with E-state index in [0.29, 0.717) is 43.0 Å². The summed E-state index contributed by atoms with van der Waals surface area (Å²) in [6.45, 7) is 3.05. The van der Waals surface area contributed by atoms with Crippen molar-refractivity contribution in [3.05, 3.63) is 57.6 Å². The van der Waals surface area contributed by atoms with Gasteiger partial charge in [0.05, 0.1) is 23.7 Å². The Morgan fingerprint density at radius 2 is 2.09 bits per heavy atom. The van der Waals surface area contributed by atoms with Gasteiger partial charge in [-0.05, 0) is 46.0 Å². The number of benzene rings is 1. The summed E-state index contributed by atoms with van der Waals surface area (Å²) in [4.78, 5) is 17.8. The molecule has 2 aliphatic rings. The minimum absolute atomic E-state index is 0.209. The van der Waals surface area contributed by atoms with Gasteiger partial charge in [-0.15, -0.1) is 0 Å². The molecular weight excluding hydrogens is 501 g/mol. The number of alkyl halides is 3. The first-order valence-electron chi connectivity index (χ1n) is 10.7. The second-order valence-corrected chi connectivity index (χ2v) is 9.13. The van der Waals surface area contributed by atoms with Gasteiger partial charge >= 0.3 is 6.18 Å². The predicted octanol–water partition coefficient (Wildman–Crippen LogP) is 3.86. The summed E-state index contributed by atoms with van der Waals surface area (Å²) in [5.74, 6) is 0.203. The Morgan fingerprint density at radius 1 is 1.30 bits per heavy atom. The van der Waals surface area contributed by atoms with E-state index < -0.39 is 11.7 Å². The van der Waals surface area contributed by atoms with Crippen LogP contribution in [-0.2, 0) is 19.6 Å². The van der Waals surface area contributed by atoms with E-state index in [1.54, 1.807) is 17.8 Å². The molecule has 0 unspecified atom stereocenters. The zero-order chi connectivity index (χ0) is 23.5. The fourth-order valence-electron chi connectivity index (χ4n) is 5.01. The fourth-order valence-corrected chi connectivity index (χ4v) is 5.83. The van der Waals surface area contributed by atoms with Crippen LogP contribution in [0.25, 0.3) is 11.4 Å². The van der Waals surface area contributed by atoms with Crippen LogP contribution in [0.15, 0.2) is 35.2 Å². The molecule has 1 amide bonds. The molecule has 0 radical (unpaired) electrons. The number of halogens is 4. The van der Waals surface area contributed by atoms with Gasteiger partial charge in [0.1, 0.15) is 16.6 Å². The van der Waals surface area contributed by atoms with Gasteiger partial charge in [0.25, 0.3) is 5.91 Å². The molecule has 2 bridgehead atoms. The molecule has 1 aromatic carbocycles. The first kappa shape index (κ1) is 22.0. The highest BCUT2D eigenvalue weighted by atomic mass is 79.9. The third-order valence-electron chi connectivity index (χ3n) is 6.53. The van der Waals surface area contributed by atoms with Crippen LogP contribution in [0.3, 0.4) is 0 Å². The average Bonchev–Trinajstić information content (AvgIpc) is 3.29. The molecular formula is C22H22BrF3N6O. The maximum Gasteiger partial charge on any atom is 0.416 e. The Labute approximate surface area is 196 Å². The number of carbonyl (C=O) groups is 1. The van der Waals surface area contributed by atoms with Crippen molar-refractivity contribution in [1.82, 2.24) is 24.8 Å². The lowest BCUT2D eigenvalue weighted by atomic mass is 9.85. The average molecular weight is 523 g/mol. The minimum atomic E-state index is -4.40. The molecule has 0 spiro atoms. The van der Waals surface area contributed by atoms with Crippen molar-refractivity contribution in [3.8, 4) is 11.4 Å². The Morgan fingerprint density at radius 3 is 2.76 bits per heavy atom. The molecule has 1 saturated heterocycles. The van der Waals surface area contributed by atoms with Gasteiger partial charge in [-0.25, -0.2) is 14.3 Å². The zero-order valence-corrected chi connectivity index (χ0v) is 19.6. The summed E-state index contributed by atoms with van der Waals surface area (Å²) in [6.07, 6.45) is -1.72. The molecule has 0 aliphatic carbocycles. The SMILES string of the molecule is CCc1c(-c2ncnn2C)c(Br)n2c1C(=O)N[C@H]1CN2CC[C@@H]1c1cccc(C(F)(F)F)c1. The number of nitrogens with zero attached hydrogens (tertiary/aromatic N) is 5. The molecule has 33 heavy (non-hydrogen) atoms. The van der Waals surface area contributed by atoms with Gasteiger partial charge in [-0.3, -0.25) is 4.79 Å². The second kappa shape index (κ2) is 7.89. The molecule has 4 heterocycles. The van der Waals surface area contributed by atoms with Gasteiger partial charge in [0.15, 0.2) is 5.82 Å². The highest BCUT2D eigenvalue weighted by Crippen LogP contribution is 2.40. The largest absolute Gasteiger partial charge is 0.416 e. The smallest absolute Gasteiger partial charge is 0.345 e. The number of amides is 1. The monoisotopic (exact) mass is 522 g/mol. The van der Waals surface area contributed by atoms with Crippen LogP contribution in [0.4, 0.5) is 13.2 Å². The molecule has 5 rings (SSSR count). The number of hydrogen-bond donors (Lipinski definition) is 1. The minimum Gasteiger partial charge on any atom is -0.345 e. The third-order valence-corrected chi connectivity index (χ3v) is 7.26. The number of piperidine rings is 1. The quantitative estimate of drug-likeness (QED) is 0.567. The van der Waals surface area contributed by atoms with Gasteiger partial charge in [0, 0.05) is 19.5 Å². The standard InChI is InChI=1S/C22H22BrF3N6O/c1-3-14-17(20-27-11-28-30(20)2)19(23)32-18(14)21(33)29-16-10-31(32)8-7-15(16)12-5-4-6-13(9-12)22(24,25)26/h4-6,9,11,15-16H,3,7-8,10H2,1-2H3,(H,29,33)/t15-,16+/m1/s1. The van der Waals surface area contributed by atoms with E-state index in [-0.39, 0.29) is 17.9 Å². The van der Waals surface area contributed by atoms with Crippen LogP contribution in [0.5, 0.6) is 0 Å². The Balaban J connectivity index is 1.55. The number of aromatic nitrogens is 4. The number of hydrogen-bond acceptors (Lipinski definition) is 4. The summed E-state index contributed by atoms with van der Waals surface area (Å²) in [5.41, 5.74) is 2.11. The predicted molar refractivity (Wildman–Crippen MR) is 120 cm³/mol. The number of nitrogens with one attached hydrogen (secondary N) is 1. The first-order valence-corrected chi connectivity index (χ1v) is 11.5. The lowest BCUT2D eigenvalue weighted by molar-refractivity contribution is -0.137. The van der Waals surface area contributed by atoms with Gasteiger partial charge in [-0.1, -0.05) is 25.1 Å². The summed E-state index contributed by atoms with van der Waals surface area (Å²) in [5, 5.41) is 9.34. The number of aryl methyl sites for hydroxylation is 1. The van der Waals surface area contributed by atoms with Crippen LogP contribution < -0.4 is 10.3 Å². The van der Waals surface area contributed by atoms with Crippen molar-refractivity contribution >= 4 is 21.8 Å². The van der Waals surface area contributed by atoms with Crippen molar-refractivity contribution < 1.29 is 18.0 Å². The number of rotatable bonds is 3. The highest BCUT2D eigenvalue weighted by molar-refractivity contribution is 9.10. The van der Waals surface area contributed by atoms with Crippen molar-refractivity contribution in [3.63, 3.8) is 0 Å². The highest BCUT2D eigenvalue weighted by Gasteiger charge is 2.40. The third kappa shape index (κ3) is 3.53. The topological polar surface area (TPSA) is 68.0 Å². The van der Waals surface area contributed by atoms with E-state index in [1.165, 1.54) is 18.5 Å². The molecule has 7 nitrogen and oxygen atoms in total. The number of carbonyl (C=O) groups excluding carboxylic acids is 1. The van der Waals surface area contributed by atoms with Crippen molar-refractivity contribution in [2.75, 3.05) is 18.1 Å². The summed E-state index contributed by atoms with van der Waals surface area (Å²) in [6, 6.07) is 5.12. The van der Waals surface area contributed by atoms with Crippen molar-refractivity contribution in [1.29, 1.82) is 0 Å². The van der Waals surface area contributed by atoms with Gasteiger partial charge < -0.3 is 10.3 Å². The van der Waals surface area contributed by atoms with E-state index >= 15 is 0 Å². The molecule has 1 fully saturated rings. The molecule has 2 atom stereocenters. The molecule has 1 N–H and O–H groups in total. The zero-order valence-electron chi connectivity index (χ0n) is 18.0. The Bertz CT molecular complexity index is 1230. The van der Waals surface area contributed by atoms with Crippen LogP contribution in [0, 0.1) is 0 Å². The van der Waals surface area contributed by atoms with Crippen LogP contribution in [-0.4, -0.2) is 44.5 Å². The van der Waals surface area contributed by atoms with Crippen LogP contribution in [0.1, 0.15) is 46.4 Å². The fraction of sp³-hybridized carbons (Fsp3) is 0.409. The van der Waals surface area contributed by atoms with Crippen LogP contribution in [0.2, 0.25) is 0 Å². The van der Waals surface area contributed by atoms with E-state index in [2.05, 4.69) is 36.3 Å². The van der Waals surface area contributed by atoms with E-state index in [1.807, 2.05) is 11.6 Å². The lowest BCUT2D eigenvalue weighted by Gasteiger charge is -2.39. The molecule has 2 aliphatic heterocycles. The lowest BCUT2D eigenvalue weighted by Crippen LogP contribution is -2.51.